The Morgan fingerprint density at radius 2 is 2.19 bits per heavy atom. The number of nitrogens with zero attached hydrogens (tertiary/aromatic N) is 2. The van der Waals surface area contributed by atoms with Crippen LogP contribution in [0.3, 0.4) is 0 Å². The molecule has 0 bridgehead atoms. The Hall–Kier alpha value is -2.24. The van der Waals surface area contributed by atoms with Crippen molar-refractivity contribution in [3.8, 4) is 11.5 Å². The number of hydrogen-bond donors (Lipinski definition) is 1. The van der Waals surface area contributed by atoms with Gasteiger partial charge in [-0.2, -0.15) is 0 Å². The number of likely N-dealkylation sites (tertiary alicyclic amines) is 1. The number of fused-ring (bicyclic) bond motifs is 1. The maximum absolute atomic E-state index is 12.2. The van der Waals surface area contributed by atoms with E-state index in [1.165, 1.54) is 0 Å². The van der Waals surface area contributed by atoms with Gasteiger partial charge in [0.05, 0.1) is 0 Å². The Bertz CT molecular complexity index is 579. The fourth-order valence-corrected chi connectivity index (χ4v) is 2.69. The third kappa shape index (κ3) is 2.66. The second kappa shape index (κ2) is 5.63. The molecule has 1 unspecified atom stereocenters. The summed E-state index contributed by atoms with van der Waals surface area (Å²) in [6.45, 7) is 3.64. The molecule has 2 aliphatic heterocycles. The van der Waals surface area contributed by atoms with E-state index in [0.717, 1.165) is 31.5 Å². The molecule has 1 atom stereocenters. The van der Waals surface area contributed by atoms with E-state index < -0.39 is 6.10 Å². The Morgan fingerprint density at radius 3 is 2.90 bits per heavy atom. The second-order valence-corrected chi connectivity index (χ2v) is 5.29. The van der Waals surface area contributed by atoms with Crippen molar-refractivity contribution in [1.82, 2.24) is 4.90 Å². The molecule has 1 fully saturated rings. The first-order valence-corrected chi connectivity index (χ1v) is 7.12. The first-order valence-electron chi connectivity index (χ1n) is 7.12. The number of oxime groups is 1. The summed E-state index contributed by atoms with van der Waals surface area (Å²) in [5.41, 5.74) is 1.25. The van der Waals surface area contributed by atoms with Crippen molar-refractivity contribution in [3.05, 3.63) is 23.8 Å². The molecule has 0 radical (unpaired) electrons. The Kier molecular flexibility index (Phi) is 3.68. The summed E-state index contributed by atoms with van der Waals surface area (Å²) in [5.74, 6) is 1.21. The van der Waals surface area contributed by atoms with E-state index in [9.17, 15) is 4.79 Å². The monoisotopic (exact) mass is 290 g/mol. The molecule has 1 aromatic rings. The lowest BCUT2D eigenvalue weighted by atomic mass is 10.1. The van der Waals surface area contributed by atoms with E-state index >= 15 is 0 Å². The lowest BCUT2D eigenvalue weighted by molar-refractivity contribution is -0.136. The summed E-state index contributed by atoms with van der Waals surface area (Å²) in [6.07, 6.45) is 1.61. The highest BCUT2D eigenvalue weighted by Crippen LogP contribution is 2.30. The van der Waals surface area contributed by atoms with Crippen LogP contribution in [0.5, 0.6) is 11.5 Å². The predicted molar refractivity (Wildman–Crippen MR) is 76.2 cm³/mol. The van der Waals surface area contributed by atoms with Crippen LogP contribution in [-0.2, 0) is 4.79 Å². The molecule has 112 valence electrons. The van der Waals surface area contributed by atoms with Crippen LogP contribution in [0.1, 0.15) is 25.3 Å². The average Bonchev–Trinajstić information content (AvgIpc) is 3.15. The number of ether oxygens (including phenoxy) is 2. The highest BCUT2D eigenvalue weighted by Gasteiger charge is 2.25. The van der Waals surface area contributed by atoms with E-state index in [1.54, 1.807) is 25.1 Å². The molecule has 1 amide bonds. The molecule has 0 aliphatic carbocycles. The van der Waals surface area contributed by atoms with E-state index in [2.05, 4.69) is 5.16 Å². The number of carbonyl (C=O) groups excluding carboxylic acids is 1. The highest BCUT2D eigenvalue weighted by molar-refractivity contribution is 6.06. The Morgan fingerprint density at radius 1 is 1.43 bits per heavy atom. The average molecular weight is 290 g/mol. The minimum absolute atomic E-state index is 0.0199. The van der Waals surface area contributed by atoms with Crippen molar-refractivity contribution in [2.75, 3.05) is 19.7 Å². The summed E-state index contributed by atoms with van der Waals surface area (Å²) < 4.78 is 11.1. The van der Waals surface area contributed by atoms with Crippen molar-refractivity contribution in [1.29, 1.82) is 0 Å². The minimum atomic E-state index is -0.520. The zero-order valence-corrected chi connectivity index (χ0v) is 11.9. The summed E-state index contributed by atoms with van der Waals surface area (Å²) in [4.78, 5) is 14.0. The van der Waals surface area contributed by atoms with Gasteiger partial charge < -0.3 is 19.6 Å². The third-order valence-corrected chi connectivity index (χ3v) is 3.83. The molecule has 1 aromatic carbocycles. The first kappa shape index (κ1) is 13.7. The molecule has 3 rings (SSSR count). The van der Waals surface area contributed by atoms with Gasteiger partial charge in [-0.05, 0) is 31.9 Å². The molecule has 2 aliphatic rings. The number of hydrogen-bond acceptors (Lipinski definition) is 5. The molecule has 1 N–H and O–H groups in total. The van der Waals surface area contributed by atoms with Crippen molar-refractivity contribution in [2.24, 2.45) is 5.16 Å². The van der Waals surface area contributed by atoms with Crippen LogP contribution in [-0.4, -0.2) is 47.5 Å². The van der Waals surface area contributed by atoms with E-state index in [1.807, 2.05) is 4.90 Å². The van der Waals surface area contributed by atoms with Crippen LogP contribution in [0.15, 0.2) is 23.4 Å². The molecule has 2 heterocycles. The minimum Gasteiger partial charge on any atom is -0.486 e. The standard InChI is InChI=1S/C15H18N2O4/c1-10(15(18)17-6-2-3-7-17)21-11-4-5-12-13(16-19)9-20-14(12)8-11/h4-5,8,10,19H,2-3,6-7,9H2,1H3. The van der Waals surface area contributed by atoms with Gasteiger partial charge in [-0.1, -0.05) is 5.16 Å². The van der Waals surface area contributed by atoms with Crippen LogP contribution >= 0.6 is 0 Å². The van der Waals surface area contributed by atoms with Gasteiger partial charge in [0.1, 0.15) is 23.8 Å². The topological polar surface area (TPSA) is 71.4 Å². The number of carbonyl (C=O) groups is 1. The molecule has 0 aromatic heterocycles. The van der Waals surface area contributed by atoms with Gasteiger partial charge in [0, 0.05) is 24.7 Å². The van der Waals surface area contributed by atoms with Gasteiger partial charge in [-0.15, -0.1) is 0 Å². The first-order chi connectivity index (χ1) is 10.2. The molecule has 21 heavy (non-hydrogen) atoms. The smallest absolute Gasteiger partial charge is 0.263 e. The van der Waals surface area contributed by atoms with E-state index in [4.69, 9.17) is 14.7 Å². The Labute approximate surface area is 122 Å². The van der Waals surface area contributed by atoms with Crippen LogP contribution in [0, 0.1) is 0 Å². The SMILES string of the molecule is CC(Oc1ccc2c(c1)OCC2=NO)C(=O)N1CCCC1. The molecule has 6 nitrogen and oxygen atoms in total. The maximum Gasteiger partial charge on any atom is 0.263 e. The molecule has 0 saturated carbocycles. The van der Waals surface area contributed by atoms with Crippen molar-refractivity contribution >= 4 is 11.6 Å². The van der Waals surface area contributed by atoms with Gasteiger partial charge in [0.25, 0.3) is 5.91 Å². The molecule has 0 spiro atoms. The van der Waals surface area contributed by atoms with Crippen LogP contribution in [0.25, 0.3) is 0 Å². The highest BCUT2D eigenvalue weighted by atomic mass is 16.5. The summed E-state index contributed by atoms with van der Waals surface area (Å²) in [7, 11) is 0. The van der Waals surface area contributed by atoms with E-state index in [-0.39, 0.29) is 12.5 Å². The molecule has 6 heteroatoms. The lowest BCUT2D eigenvalue weighted by Gasteiger charge is -2.21. The van der Waals surface area contributed by atoms with Gasteiger partial charge >= 0.3 is 0 Å². The quantitative estimate of drug-likeness (QED) is 0.678. The molecular formula is C15H18N2O4. The van der Waals surface area contributed by atoms with Gasteiger partial charge in [0.2, 0.25) is 0 Å². The predicted octanol–water partition coefficient (Wildman–Crippen LogP) is 1.65. The maximum atomic E-state index is 12.2. The molecular weight excluding hydrogens is 272 g/mol. The normalized spacial score (nSPS) is 20.2. The number of rotatable bonds is 3. The fourth-order valence-electron chi connectivity index (χ4n) is 2.69. The van der Waals surface area contributed by atoms with Crippen molar-refractivity contribution in [3.63, 3.8) is 0 Å². The molecule has 1 saturated heterocycles. The largest absolute Gasteiger partial charge is 0.486 e. The zero-order chi connectivity index (χ0) is 14.8. The number of amides is 1. The van der Waals surface area contributed by atoms with Crippen LogP contribution < -0.4 is 9.47 Å². The second-order valence-electron chi connectivity index (χ2n) is 5.29. The fraction of sp³-hybridized carbons (Fsp3) is 0.467. The number of benzene rings is 1. The van der Waals surface area contributed by atoms with Crippen molar-refractivity contribution < 1.29 is 19.5 Å². The van der Waals surface area contributed by atoms with Crippen LogP contribution in [0.4, 0.5) is 0 Å². The summed E-state index contributed by atoms with van der Waals surface area (Å²) in [6, 6.07) is 5.26. The zero-order valence-electron chi connectivity index (χ0n) is 11.9. The summed E-state index contributed by atoms with van der Waals surface area (Å²) >= 11 is 0. The Balaban J connectivity index is 1.69. The van der Waals surface area contributed by atoms with Gasteiger partial charge in [0.15, 0.2) is 6.10 Å². The van der Waals surface area contributed by atoms with Gasteiger partial charge in [-0.3, -0.25) is 4.79 Å². The van der Waals surface area contributed by atoms with Crippen LogP contribution in [0.2, 0.25) is 0 Å². The lowest BCUT2D eigenvalue weighted by Crippen LogP contribution is -2.38. The van der Waals surface area contributed by atoms with Gasteiger partial charge in [-0.25, -0.2) is 0 Å². The van der Waals surface area contributed by atoms with E-state index in [0.29, 0.717) is 17.2 Å². The van der Waals surface area contributed by atoms with Crippen molar-refractivity contribution in [2.45, 2.75) is 25.9 Å². The third-order valence-electron chi connectivity index (χ3n) is 3.83. The summed E-state index contributed by atoms with van der Waals surface area (Å²) in [5, 5.41) is 12.0.